The molecule has 10 heteroatoms. The second-order valence-corrected chi connectivity index (χ2v) is 9.42. The van der Waals surface area contributed by atoms with Crippen molar-refractivity contribution in [3.05, 3.63) is 75.6 Å². The number of hydrogen-bond donors (Lipinski definition) is 4. The zero-order valence-corrected chi connectivity index (χ0v) is 18.6. The van der Waals surface area contributed by atoms with Gasteiger partial charge in [-0.3, -0.25) is 9.52 Å². The van der Waals surface area contributed by atoms with E-state index in [4.69, 9.17) is 11.6 Å². The van der Waals surface area contributed by atoms with Crippen LogP contribution < -0.4 is 10.0 Å². The molecule has 4 rings (SSSR count). The van der Waals surface area contributed by atoms with E-state index in [-0.39, 0.29) is 16.0 Å². The van der Waals surface area contributed by atoms with Crippen LogP contribution in [0.1, 0.15) is 32.9 Å². The Bertz CT molecular complexity index is 1420. The van der Waals surface area contributed by atoms with E-state index in [1.807, 2.05) is 0 Å². The first-order valence-electron chi connectivity index (χ1n) is 9.45. The molecular formula is C22H18ClN3O5S. The molecule has 1 amide bonds. The van der Waals surface area contributed by atoms with Gasteiger partial charge < -0.3 is 15.4 Å². The van der Waals surface area contributed by atoms with Crippen LogP contribution in [0.2, 0.25) is 5.02 Å². The normalized spacial score (nSPS) is 14.3. The van der Waals surface area contributed by atoms with Crippen LogP contribution in [0.3, 0.4) is 0 Å². The highest BCUT2D eigenvalue weighted by atomic mass is 35.5. The molecule has 2 aromatic carbocycles. The summed E-state index contributed by atoms with van der Waals surface area (Å²) in [5.41, 5.74) is 2.93. The standard InChI is InChI=1S/C22H18ClN3O5S/c1-11-19(24-12(2)20(11)22(28)29)10-17-16-9-15(6-7-18(16)25-21(17)27)32(30,31)26-14-5-3-4-13(23)8-14/h3-10,24,26H,1-2H3,(H,25,27)(H,28,29)/b17-10-. The Morgan fingerprint density at radius 2 is 1.91 bits per heavy atom. The second kappa shape index (κ2) is 7.85. The Morgan fingerprint density at radius 1 is 1.16 bits per heavy atom. The van der Waals surface area contributed by atoms with E-state index in [9.17, 15) is 23.1 Å². The summed E-state index contributed by atoms with van der Waals surface area (Å²) in [6.45, 7) is 3.27. The molecule has 2 heterocycles. The van der Waals surface area contributed by atoms with E-state index in [0.29, 0.717) is 38.9 Å². The molecule has 0 saturated carbocycles. The number of aromatic amines is 1. The third-order valence-corrected chi connectivity index (χ3v) is 6.75. The molecule has 4 N–H and O–H groups in total. The third kappa shape index (κ3) is 3.88. The number of hydrogen-bond acceptors (Lipinski definition) is 4. The molecule has 1 aliphatic rings. The SMILES string of the molecule is Cc1[nH]c(/C=C2\C(=O)Nc3ccc(S(=O)(=O)Nc4cccc(Cl)c4)cc32)c(C)c1C(=O)O. The highest BCUT2D eigenvalue weighted by Gasteiger charge is 2.28. The summed E-state index contributed by atoms with van der Waals surface area (Å²) >= 11 is 5.93. The summed E-state index contributed by atoms with van der Waals surface area (Å²) in [4.78, 5) is 27.0. The smallest absolute Gasteiger partial charge is 0.337 e. The first-order valence-corrected chi connectivity index (χ1v) is 11.3. The highest BCUT2D eigenvalue weighted by molar-refractivity contribution is 7.92. The summed E-state index contributed by atoms with van der Waals surface area (Å²) in [6, 6.07) is 10.6. The Morgan fingerprint density at radius 3 is 2.56 bits per heavy atom. The lowest BCUT2D eigenvalue weighted by Gasteiger charge is -2.10. The maximum absolute atomic E-state index is 12.9. The number of carbonyl (C=O) groups is 2. The number of aryl methyl sites for hydroxylation is 1. The number of aromatic nitrogens is 1. The lowest BCUT2D eigenvalue weighted by molar-refractivity contribution is -0.110. The van der Waals surface area contributed by atoms with E-state index in [0.717, 1.165) is 0 Å². The molecular weight excluding hydrogens is 454 g/mol. The van der Waals surface area contributed by atoms with Gasteiger partial charge in [0.25, 0.3) is 15.9 Å². The number of carbonyl (C=O) groups excluding carboxylic acids is 1. The topological polar surface area (TPSA) is 128 Å². The summed E-state index contributed by atoms with van der Waals surface area (Å²) in [5, 5.41) is 12.5. The van der Waals surface area contributed by atoms with Crippen LogP contribution in [0, 0.1) is 13.8 Å². The maximum atomic E-state index is 12.9. The largest absolute Gasteiger partial charge is 0.478 e. The minimum atomic E-state index is -3.95. The van der Waals surface area contributed by atoms with Crippen molar-refractivity contribution >= 4 is 56.5 Å². The van der Waals surface area contributed by atoms with Crippen LogP contribution in [0.15, 0.2) is 47.4 Å². The molecule has 0 radical (unpaired) electrons. The maximum Gasteiger partial charge on any atom is 0.337 e. The third-order valence-electron chi connectivity index (χ3n) is 5.14. The minimum absolute atomic E-state index is 0.0377. The molecule has 1 aromatic heterocycles. The molecule has 0 aliphatic carbocycles. The molecule has 0 atom stereocenters. The Balaban J connectivity index is 1.75. The molecule has 0 spiro atoms. The number of aromatic carboxylic acids is 1. The monoisotopic (exact) mass is 471 g/mol. The fraction of sp³-hybridized carbons (Fsp3) is 0.0909. The number of amides is 1. The van der Waals surface area contributed by atoms with Crippen LogP contribution in [-0.2, 0) is 14.8 Å². The van der Waals surface area contributed by atoms with E-state index in [1.54, 1.807) is 32.0 Å². The molecule has 0 saturated heterocycles. The predicted molar refractivity (Wildman–Crippen MR) is 122 cm³/mol. The van der Waals surface area contributed by atoms with Crippen LogP contribution in [0.25, 0.3) is 11.6 Å². The molecule has 3 aromatic rings. The van der Waals surface area contributed by atoms with Crippen LogP contribution in [0.4, 0.5) is 11.4 Å². The number of H-pyrrole nitrogens is 1. The van der Waals surface area contributed by atoms with E-state index in [1.165, 1.54) is 30.3 Å². The molecule has 8 nitrogen and oxygen atoms in total. The second-order valence-electron chi connectivity index (χ2n) is 7.30. The predicted octanol–water partition coefficient (Wildman–Crippen LogP) is 4.28. The van der Waals surface area contributed by atoms with Crippen LogP contribution >= 0.6 is 11.6 Å². The fourth-order valence-electron chi connectivity index (χ4n) is 3.63. The molecule has 0 fully saturated rings. The van der Waals surface area contributed by atoms with Crippen molar-refractivity contribution < 1.29 is 23.1 Å². The van der Waals surface area contributed by atoms with E-state index < -0.39 is 21.9 Å². The first-order chi connectivity index (χ1) is 15.1. The van der Waals surface area contributed by atoms with Gasteiger partial charge in [-0.15, -0.1) is 0 Å². The Kier molecular flexibility index (Phi) is 5.31. The van der Waals surface area contributed by atoms with Gasteiger partial charge in [0.2, 0.25) is 0 Å². The van der Waals surface area contributed by atoms with E-state index >= 15 is 0 Å². The molecule has 32 heavy (non-hydrogen) atoms. The number of carboxylic acid groups (broad SMARTS) is 1. The van der Waals surface area contributed by atoms with Gasteiger partial charge in [0.15, 0.2) is 0 Å². The summed E-state index contributed by atoms with van der Waals surface area (Å²) < 4.78 is 28.2. The number of halogens is 1. The van der Waals surface area contributed by atoms with Crippen molar-refractivity contribution in [2.45, 2.75) is 18.7 Å². The number of anilines is 2. The van der Waals surface area contributed by atoms with Crippen molar-refractivity contribution in [2.75, 3.05) is 10.0 Å². The van der Waals surface area contributed by atoms with Crippen molar-refractivity contribution in [2.24, 2.45) is 0 Å². The highest BCUT2D eigenvalue weighted by Crippen LogP contribution is 2.36. The van der Waals surface area contributed by atoms with E-state index in [2.05, 4.69) is 15.0 Å². The van der Waals surface area contributed by atoms with Crippen molar-refractivity contribution in [1.29, 1.82) is 0 Å². The zero-order chi connectivity index (χ0) is 23.2. The van der Waals surface area contributed by atoms with Gasteiger partial charge in [0.05, 0.1) is 21.7 Å². The quantitative estimate of drug-likeness (QED) is 0.413. The van der Waals surface area contributed by atoms with Crippen molar-refractivity contribution in [1.82, 2.24) is 4.98 Å². The number of benzene rings is 2. The molecule has 1 aliphatic heterocycles. The minimum Gasteiger partial charge on any atom is -0.478 e. The van der Waals surface area contributed by atoms with Gasteiger partial charge in [-0.2, -0.15) is 0 Å². The Hall–Kier alpha value is -3.56. The zero-order valence-electron chi connectivity index (χ0n) is 17.0. The Labute approximate surface area is 189 Å². The van der Waals surface area contributed by atoms with Gasteiger partial charge in [0.1, 0.15) is 0 Å². The average Bonchev–Trinajstić information content (AvgIpc) is 3.16. The fourth-order valence-corrected chi connectivity index (χ4v) is 4.89. The average molecular weight is 472 g/mol. The van der Waals surface area contributed by atoms with Crippen molar-refractivity contribution in [3.8, 4) is 0 Å². The van der Waals surface area contributed by atoms with Crippen LogP contribution in [0.5, 0.6) is 0 Å². The van der Waals surface area contributed by atoms with Gasteiger partial charge in [-0.1, -0.05) is 17.7 Å². The van der Waals surface area contributed by atoms with Crippen molar-refractivity contribution in [3.63, 3.8) is 0 Å². The first kappa shape index (κ1) is 21.7. The van der Waals surface area contributed by atoms with Gasteiger partial charge in [-0.25, -0.2) is 13.2 Å². The van der Waals surface area contributed by atoms with Crippen LogP contribution in [-0.4, -0.2) is 30.4 Å². The van der Waals surface area contributed by atoms with Gasteiger partial charge >= 0.3 is 5.97 Å². The lowest BCUT2D eigenvalue weighted by atomic mass is 10.0. The number of carboxylic acids is 1. The summed E-state index contributed by atoms with van der Waals surface area (Å²) in [5.74, 6) is -1.49. The number of sulfonamides is 1. The summed E-state index contributed by atoms with van der Waals surface area (Å²) in [7, 11) is -3.95. The number of fused-ring (bicyclic) bond motifs is 1. The lowest BCUT2D eigenvalue weighted by Crippen LogP contribution is -2.13. The summed E-state index contributed by atoms with van der Waals surface area (Å²) in [6.07, 6.45) is 1.52. The molecule has 0 unspecified atom stereocenters. The molecule has 0 bridgehead atoms. The van der Waals surface area contributed by atoms with Gasteiger partial charge in [0, 0.05) is 27.7 Å². The molecule has 164 valence electrons. The van der Waals surface area contributed by atoms with Gasteiger partial charge in [-0.05, 0) is 61.9 Å². The number of rotatable bonds is 5. The number of nitrogens with one attached hydrogen (secondary N) is 3.